The second-order valence-corrected chi connectivity index (χ2v) is 6.07. The van der Waals surface area contributed by atoms with Gasteiger partial charge >= 0.3 is 0 Å². The molecule has 0 bridgehead atoms. The van der Waals surface area contributed by atoms with Crippen molar-refractivity contribution in [2.75, 3.05) is 13.7 Å². The first-order valence-corrected chi connectivity index (χ1v) is 7.40. The normalized spacial score (nSPS) is 20.3. The van der Waals surface area contributed by atoms with E-state index in [4.69, 9.17) is 4.74 Å². The smallest absolute Gasteiger partial charge is 0.0693 e. The summed E-state index contributed by atoms with van der Waals surface area (Å²) < 4.78 is 5.75. The molecule has 1 N–H and O–H groups in total. The molecule has 0 aliphatic heterocycles. The van der Waals surface area contributed by atoms with E-state index in [9.17, 15) is 0 Å². The van der Waals surface area contributed by atoms with Gasteiger partial charge in [0.2, 0.25) is 0 Å². The van der Waals surface area contributed by atoms with E-state index in [2.05, 4.69) is 26.1 Å². The maximum atomic E-state index is 5.75. The zero-order valence-corrected chi connectivity index (χ0v) is 12.2. The molecule has 1 fully saturated rings. The van der Waals surface area contributed by atoms with Crippen molar-refractivity contribution in [3.8, 4) is 0 Å². The predicted octanol–water partition coefficient (Wildman–Crippen LogP) is 3.75. The van der Waals surface area contributed by atoms with Gasteiger partial charge in [-0.3, -0.25) is 0 Å². The second-order valence-electron chi connectivity index (χ2n) is 6.07. The Morgan fingerprint density at radius 3 is 2.35 bits per heavy atom. The average molecular weight is 241 g/mol. The Hall–Kier alpha value is -0.0800. The monoisotopic (exact) mass is 241 g/mol. The molecule has 1 atom stereocenters. The number of ether oxygens (including phenoxy) is 1. The summed E-state index contributed by atoms with van der Waals surface area (Å²) in [6.07, 6.45) is 8.90. The molecule has 1 unspecified atom stereocenters. The van der Waals surface area contributed by atoms with Crippen LogP contribution < -0.4 is 5.32 Å². The molecule has 1 aliphatic rings. The molecule has 2 nitrogen and oxygen atoms in total. The summed E-state index contributed by atoms with van der Waals surface area (Å²) in [4.78, 5) is 0. The van der Waals surface area contributed by atoms with Crippen LogP contribution in [0.3, 0.4) is 0 Å². The van der Waals surface area contributed by atoms with Crippen molar-refractivity contribution in [2.24, 2.45) is 5.92 Å². The quantitative estimate of drug-likeness (QED) is 0.664. The summed E-state index contributed by atoms with van der Waals surface area (Å²) in [5.74, 6) is 0.806. The fourth-order valence-corrected chi connectivity index (χ4v) is 2.67. The van der Waals surface area contributed by atoms with E-state index in [1.165, 1.54) is 44.9 Å². The summed E-state index contributed by atoms with van der Waals surface area (Å²) in [5, 5.41) is 3.70. The van der Waals surface area contributed by atoms with Crippen molar-refractivity contribution in [1.82, 2.24) is 5.32 Å². The topological polar surface area (TPSA) is 21.3 Å². The van der Waals surface area contributed by atoms with Crippen LogP contribution >= 0.6 is 0 Å². The van der Waals surface area contributed by atoms with Gasteiger partial charge < -0.3 is 10.1 Å². The third-order valence-electron chi connectivity index (χ3n) is 4.09. The van der Waals surface area contributed by atoms with E-state index in [-0.39, 0.29) is 5.60 Å². The lowest BCUT2D eigenvalue weighted by molar-refractivity contribution is -0.0840. The van der Waals surface area contributed by atoms with Gasteiger partial charge in [0.15, 0.2) is 0 Å². The van der Waals surface area contributed by atoms with Crippen LogP contribution in [-0.4, -0.2) is 25.3 Å². The van der Waals surface area contributed by atoms with Crippen LogP contribution in [0.5, 0.6) is 0 Å². The SMILES string of the molecule is CCCNC(CCC(C)C)CC1(OC)CCC1. The van der Waals surface area contributed by atoms with Crippen molar-refractivity contribution < 1.29 is 4.74 Å². The first-order chi connectivity index (χ1) is 8.12. The summed E-state index contributed by atoms with van der Waals surface area (Å²) >= 11 is 0. The minimum absolute atomic E-state index is 0.211. The Labute approximate surface area is 108 Å². The number of hydrogen-bond donors (Lipinski definition) is 1. The van der Waals surface area contributed by atoms with Crippen LogP contribution in [0.2, 0.25) is 0 Å². The lowest BCUT2D eigenvalue weighted by atomic mass is 9.75. The molecule has 2 heteroatoms. The minimum Gasteiger partial charge on any atom is -0.378 e. The summed E-state index contributed by atoms with van der Waals surface area (Å²) in [6.45, 7) is 8.00. The van der Waals surface area contributed by atoms with E-state index in [1.54, 1.807) is 0 Å². The third kappa shape index (κ3) is 4.97. The van der Waals surface area contributed by atoms with Gasteiger partial charge in [0.05, 0.1) is 5.60 Å². The molecule has 1 saturated carbocycles. The largest absolute Gasteiger partial charge is 0.378 e. The Bertz CT molecular complexity index is 194. The molecule has 0 radical (unpaired) electrons. The van der Waals surface area contributed by atoms with Gasteiger partial charge in [-0.15, -0.1) is 0 Å². The fraction of sp³-hybridized carbons (Fsp3) is 1.00. The van der Waals surface area contributed by atoms with Gasteiger partial charge in [-0.05, 0) is 57.4 Å². The van der Waals surface area contributed by atoms with Crippen LogP contribution in [0.4, 0.5) is 0 Å². The van der Waals surface area contributed by atoms with Gasteiger partial charge in [-0.1, -0.05) is 20.8 Å². The zero-order valence-electron chi connectivity index (χ0n) is 12.2. The minimum atomic E-state index is 0.211. The third-order valence-corrected chi connectivity index (χ3v) is 4.09. The first-order valence-electron chi connectivity index (χ1n) is 7.40. The number of rotatable bonds is 9. The highest BCUT2D eigenvalue weighted by atomic mass is 16.5. The number of methoxy groups -OCH3 is 1. The van der Waals surface area contributed by atoms with Gasteiger partial charge in [0.25, 0.3) is 0 Å². The molecule has 0 amide bonds. The van der Waals surface area contributed by atoms with Crippen molar-refractivity contribution in [2.45, 2.75) is 77.4 Å². The standard InChI is InChI=1S/C15H31NO/c1-5-11-16-14(8-7-13(2)3)12-15(17-4)9-6-10-15/h13-14,16H,5-12H2,1-4H3. The maximum Gasteiger partial charge on any atom is 0.0693 e. The van der Waals surface area contributed by atoms with Crippen molar-refractivity contribution in [1.29, 1.82) is 0 Å². The van der Waals surface area contributed by atoms with Crippen LogP contribution in [0.25, 0.3) is 0 Å². The lowest BCUT2D eigenvalue weighted by Gasteiger charge is -2.43. The molecule has 1 rings (SSSR count). The van der Waals surface area contributed by atoms with E-state index >= 15 is 0 Å². The first kappa shape index (κ1) is 15.0. The highest BCUT2D eigenvalue weighted by Crippen LogP contribution is 2.39. The summed E-state index contributed by atoms with van der Waals surface area (Å²) in [6, 6.07) is 0.651. The van der Waals surface area contributed by atoms with E-state index in [0.717, 1.165) is 12.5 Å². The Morgan fingerprint density at radius 2 is 1.94 bits per heavy atom. The molecule has 17 heavy (non-hydrogen) atoms. The molecule has 0 aromatic carbocycles. The van der Waals surface area contributed by atoms with Crippen LogP contribution in [0.1, 0.15) is 65.7 Å². The van der Waals surface area contributed by atoms with E-state index in [1.807, 2.05) is 7.11 Å². The molecule has 102 valence electrons. The molecule has 0 saturated heterocycles. The van der Waals surface area contributed by atoms with Crippen molar-refractivity contribution >= 4 is 0 Å². The molecular weight excluding hydrogens is 210 g/mol. The van der Waals surface area contributed by atoms with Gasteiger partial charge in [-0.2, -0.15) is 0 Å². The Morgan fingerprint density at radius 1 is 1.24 bits per heavy atom. The average Bonchev–Trinajstić information content (AvgIpc) is 2.26. The van der Waals surface area contributed by atoms with Gasteiger partial charge in [0, 0.05) is 13.2 Å². The molecule has 0 heterocycles. The second kappa shape index (κ2) is 7.38. The van der Waals surface area contributed by atoms with Crippen molar-refractivity contribution in [3.05, 3.63) is 0 Å². The van der Waals surface area contributed by atoms with Crippen LogP contribution in [-0.2, 0) is 4.74 Å². The number of hydrogen-bond acceptors (Lipinski definition) is 2. The molecule has 0 aromatic heterocycles. The maximum absolute atomic E-state index is 5.75. The summed E-state index contributed by atoms with van der Waals surface area (Å²) in [7, 11) is 1.89. The van der Waals surface area contributed by atoms with Crippen LogP contribution in [0.15, 0.2) is 0 Å². The van der Waals surface area contributed by atoms with Crippen molar-refractivity contribution in [3.63, 3.8) is 0 Å². The fourth-order valence-electron chi connectivity index (χ4n) is 2.67. The van der Waals surface area contributed by atoms with E-state index < -0.39 is 0 Å². The van der Waals surface area contributed by atoms with Crippen LogP contribution in [0, 0.1) is 5.92 Å². The summed E-state index contributed by atoms with van der Waals surface area (Å²) in [5.41, 5.74) is 0.211. The predicted molar refractivity (Wildman–Crippen MR) is 74.4 cm³/mol. The molecule has 1 aliphatic carbocycles. The molecule has 0 spiro atoms. The highest BCUT2D eigenvalue weighted by Gasteiger charge is 2.38. The molecular formula is C15H31NO. The lowest BCUT2D eigenvalue weighted by Crippen LogP contribution is -2.46. The zero-order chi connectivity index (χ0) is 12.7. The highest BCUT2D eigenvalue weighted by molar-refractivity contribution is 4.93. The Kier molecular flexibility index (Phi) is 6.50. The number of nitrogens with one attached hydrogen (secondary N) is 1. The van der Waals surface area contributed by atoms with Gasteiger partial charge in [-0.25, -0.2) is 0 Å². The van der Waals surface area contributed by atoms with E-state index in [0.29, 0.717) is 6.04 Å². The Balaban J connectivity index is 2.38. The van der Waals surface area contributed by atoms with Gasteiger partial charge in [0.1, 0.15) is 0 Å². The molecule has 0 aromatic rings.